The molecule has 0 spiro atoms. The summed E-state index contributed by atoms with van der Waals surface area (Å²) in [6, 6.07) is 5.33. The molecule has 24 heavy (non-hydrogen) atoms. The van der Waals surface area contributed by atoms with Crippen molar-refractivity contribution >= 4 is 29.1 Å². The minimum absolute atomic E-state index is 0.127. The van der Waals surface area contributed by atoms with Gasteiger partial charge in [-0.2, -0.15) is 0 Å². The maximum Gasteiger partial charge on any atom is 0.293 e. The Bertz CT molecular complexity index is 756. The Morgan fingerprint density at radius 3 is 2.62 bits per heavy atom. The summed E-state index contributed by atoms with van der Waals surface area (Å²) in [6.07, 6.45) is 0.901. The van der Waals surface area contributed by atoms with Crippen molar-refractivity contribution in [2.24, 2.45) is 11.7 Å². The molecule has 1 fully saturated rings. The Balaban J connectivity index is 1.93. The van der Waals surface area contributed by atoms with Crippen molar-refractivity contribution in [2.75, 3.05) is 13.1 Å². The predicted octanol–water partition coefficient (Wildman–Crippen LogP) is 2.69. The molecule has 8 heteroatoms. The molecule has 2 atom stereocenters. The molecule has 128 valence electrons. The Kier molecular flexibility index (Phi) is 4.80. The van der Waals surface area contributed by atoms with Gasteiger partial charge in [-0.15, -0.1) is 5.10 Å². The summed E-state index contributed by atoms with van der Waals surface area (Å²) >= 11 is 12.5. The van der Waals surface area contributed by atoms with Crippen molar-refractivity contribution in [3.05, 3.63) is 39.9 Å². The van der Waals surface area contributed by atoms with Crippen LogP contribution in [0, 0.1) is 12.8 Å². The van der Waals surface area contributed by atoms with Crippen molar-refractivity contribution in [2.45, 2.75) is 26.3 Å². The van der Waals surface area contributed by atoms with Gasteiger partial charge in [0, 0.05) is 12.6 Å². The number of rotatable bonds is 3. The second-order valence-corrected chi connectivity index (χ2v) is 6.92. The van der Waals surface area contributed by atoms with Crippen molar-refractivity contribution in [3.8, 4) is 5.69 Å². The fourth-order valence-electron chi connectivity index (χ4n) is 3.11. The lowest BCUT2D eigenvalue weighted by atomic mass is 10.1. The molecule has 2 heterocycles. The van der Waals surface area contributed by atoms with E-state index in [1.54, 1.807) is 30.0 Å². The molecular formula is C16H19Cl2N5O. The second kappa shape index (κ2) is 6.70. The summed E-state index contributed by atoms with van der Waals surface area (Å²) in [5.41, 5.74) is 6.26. The second-order valence-electron chi connectivity index (χ2n) is 6.11. The smallest absolute Gasteiger partial charge is 0.293 e. The number of halogens is 2. The molecule has 6 nitrogen and oxygen atoms in total. The van der Waals surface area contributed by atoms with E-state index in [0.717, 1.165) is 6.42 Å². The number of para-hydroxylation sites is 1. The zero-order valence-electron chi connectivity index (χ0n) is 13.5. The number of benzene rings is 1. The number of aryl methyl sites for hydroxylation is 1. The highest BCUT2D eigenvalue weighted by molar-refractivity contribution is 6.37. The van der Waals surface area contributed by atoms with Gasteiger partial charge in [0.15, 0.2) is 0 Å². The first-order valence-corrected chi connectivity index (χ1v) is 8.57. The number of nitrogens with two attached hydrogens (primary N) is 1. The van der Waals surface area contributed by atoms with Crippen LogP contribution in [0.5, 0.6) is 0 Å². The van der Waals surface area contributed by atoms with Gasteiger partial charge in [-0.05, 0) is 44.9 Å². The maximum absolute atomic E-state index is 12.8. The molecule has 2 unspecified atom stereocenters. The van der Waals surface area contributed by atoms with Crippen LogP contribution in [0.4, 0.5) is 0 Å². The Hall–Kier alpha value is -1.63. The summed E-state index contributed by atoms with van der Waals surface area (Å²) in [5, 5.41) is 5.25. The summed E-state index contributed by atoms with van der Waals surface area (Å²) in [7, 11) is 0. The molecule has 2 N–H and O–H groups in total. The third-order valence-corrected chi connectivity index (χ3v) is 4.98. The van der Waals surface area contributed by atoms with Crippen LogP contribution < -0.4 is 5.73 Å². The molecule has 1 aromatic carbocycles. The Morgan fingerprint density at radius 1 is 1.38 bits per heavy atom. The van der Waals surface area contributed by atoms with Crippen LogP contribution in [0.3, 0.4) is 0 Å². The van der Waals surface area contributed by atoms with Gasteiger partial charge in [-0.3, -0.25) is 4.79 Å². The number of amides is 1. The van der Waals surface area contributed by atoms with E-state index in [4.69, 9.17) is 28.9 Å². The average molecular weight is 368 g/mol. The van der Waals surface area contributed by atoms with Crippen molar-refractivity contribution in [1.82, 2.24) is 19.7 Å². The molecule has 0 radical (unpaired) electrons. The zero-order chi connectivity index (χ0) is 17.4. The van der Waals surface area contributed by atoms with Crippen LogP contribution >= 0.6 is 23.2 Å². The quantitative estimate of drug-likeness (QED) is 0.904. The first kappa shape index (κ1) is 17.2. The van der Waals surface area contributed by atoms with E-state index in [1.165, 1.54) is 4.68 Å². The van der Waals surface area contributed by atoms with Gasteiger partial charge >= 0.3 is 0 Å². The summed E-state index contributed by atoms with van der Waals surface area (Å²) in [5.74, 6) is 0.831. The lowest BCUT2D eigenvalue weighted by molar-refractivity contribution is 0.0731. The minimum atomic E-state index is -0.191. The summed E-state index contributed by atoms with van der Waals surface area (Å²) < 4.78 is 1.51. The van der Waals surface area contributed by atoms with Crippen molar-refractivity contribution < 1.29 is 4.79 Å². The molecular weight excluding hydrogens is 349 g/mol. The van der Waals surface area contributed by atoms with E-state index in [1.807, 2.05) is 6.92 Å². The molecule has 0 bridgehead atoms. The highest BCUT2D eigenvalue weighted by atomic mass is 35.5. The standard InChI is InChI=1S/C16H19Cl2N5O/c1-9-6-11(7-19)8-22(9)16(24)15-20-10(2)23(21-15)14-12(17)4-3-5-13(14)18/h3-5,9,11H,6-8,19H2,1-2H3. The molecule has 1 amide bonds. The topological polar surface area (TPSA) is 77.0 Å². The third kappa shape index (κ3) is 3.01. The lowest BCUT2D eigenvalue weighted by Gasteiger charge is -2.19. The fraction of sp³-hybridized carbons (Fsp3) is 0.438. The number of hydrogen-bond acceptors (Lipinski definition) is 4. The van der Waals surface area contributed by atoms with E-state index >= 15 is 0 Å². The monoisotopic (exact) mass is 367 g/mol. The molecule has 0 aliphatic carbocycles. The first-order valence-electron chi connectivity index (χ1n) is 7.81. The average Bonchev–Trinajstić information content (AvgIpc) is 3.10. The molecule has 0 saturated carbocycles. The fourth-order valence-corrected chi connectivity index (χ4v) is 3.67. The summed E-state index contributed by atoms with van der Waals surface area (Å²) in [6.45, 7) is 4.99. The van der Waals surface area contributed by atoms with Crippen molar-refractivity contribution in [1.29, 1.82) is 0 Å². The van der Waals surface area contributed by atoms with E-state index in [-0.39, 0.29) is 17.8 Å². The Labute approximate surface area is 150 Å². The zero-order valence-corrected chi connectivity index (χ0v) is 15.1. The number of likely N-dealkylation sites (tertiary alicyclic amines) is 1. The van der Waals surface area contributed by atoms with Crippen LogP contribution in [0.15, 0.2) is 18.2 Å². The van der Waals surface area contributed by atoms with Crippen LogP contribution in [0.25, 0.3) is 5.69 Å². The maximum atomic E-state index is 12.8. The normalized spacial score (nSPS) is 20.6. The SMILES string of the molecule is Cc1nc(C(=O)N2CC(CN)CC2C)nn1-c1c(Cl)cccc1Cl. The summed E-state index contributed by atoms with van der Waals surface area (Å²) in [4.78, 5) is 18.9. The van der Waals surface area contributed by atoms with Gasteiger partial charge in [-0.1, -0.05) is 29.3 Å². The largest absolute Gasteiger partial charge is 0.333 e. The highest BCUT2D eigenvalue weighted by Gasteiger charge is 2.34. The molecule has 1 aliphatic heterocycles. The highest BCUT2D eigenvalue weighted by Crippen LogP contribution is 2.29. The van der Waals surface area contributed by atoms with Gasteiger partial charge in [0.2, 0.25) is 5.82 Å². The van der Waals surface area contributed by atoms with E-state index < -0.39 is 0 Å². The molecule has 1 aliphatic rings. The van der Waals surface area contributed by atoms with E-state index in [2.05, 4.69) is 10.1 Å². The molecule has 1 aromatic heterocycles. The number of aromatic nitrogens is 3. The van der Waals surface area contributed by atoms with Crippen molar-refractivity contribution in [3.63, 3.8) is 0 Å². The number of carbonyl (C=O) groups excluding carboxylic acids is 1. The number of carbonyl (C=O) groups is 1. The molecule has 2 aromatic rings. The van der Waals surface area contributed by atoms with Gasteiger partial charge in [-0.25, -0.2) is 9.67 Å². The van der Waals surface area contributed by atoms with Crippen LogP contribution in [-0.2, 0) is 0 Å². The predicted molar refractivity (Wildman–Crippen MR) is 93.8 cm³/mol. The van der Waals surface area contributed by atoms with E-state index in [9.17, 15) is 4.79 Å². The van der Waals surface area contributed by atoms with E-state index in [0.29, 0.717) is 40.6 Å². The van der Waals surface area contributed by atoms with Gasteiger partial charge < -0.3 is 10.6 Å². The number of hydrogen-bond donors (Lipinski definition) is 1. The number of nitrogens with zero attached hydrogens (tertiary/aromatic N) is 4. The van der Waals surface area contributed by atoms with Gasteiger partial charge in [0.05, 0.1) is 10.0 Å². The van der Waals surface area contributed by atoms with Gasteiger partial charge in [0.1, 0.15) is 11.5 Å². The Morgan fingerprint density at radius 2 is 2.04 bits per heavy atom. The first-order chi connectivity index (χ1) is 11.4. The van der Waals surface area contributed by atoms with Crippen LogP contribution in [-0.4, -0.2) is 44.7 Å². The van der Waals surface area contributed by atoms with Crippen LogP contribution in [0.1, 0.15) is 29.8 Å². The third-order valence-electron chi connectivity index (χ3n) is 4.37. The van der Waals surface area contributed by atoms with Crippen LogP contribution in [0.2, 0.25) is 10.0 Å². The van der Waals surface area contributed by atoms with Gasteiger partial charge in [0.25, 0.3) is 5.91 Å². The molecule has 1 saturated heterocycles. The minimum Gasteiger partial charge on any atom is -0.333 e. The molecule has 3 rings (SSSR count). The lowest BCUT2D eigenvalue weighted by Crippen LogP contribution is -2.35.